The molecule has 298 valence electrons. The topological polar surface area (TPSA) is 235 Å². The Balaban J connectivity index is 6.71. The normalized spacial score (nSPS) is 17.3. The minimum absolute atomic E-state index is 0.0416. The minimum atomic E-state index is -2.27. The zero-order chi connectivity index (χ0) is 39.9. The van der Waals surface area contributed by atoms with E-state index >= 15 is 0 Å². The van der Waals surface area contributed by atoms with Crippen LogP contribution in [-0.4, -0.2) is 121 Å². The smallest absolute Gasteiger partial charge is 0.335 e. The number of amides is 2. The van der Waals surface area contributed by atoms with Crippen molar-refractivity contribution in [2.75, 3.05) is 19.3 Å². The molecule has 14 nitrogen and oxygen atoms in total. The molecule has 0 radical (unpaired) electrons. The van der Waals surface area contributed by atoms with Crippen molar-refractivity contribution in [2.24, 2.45) is 17.3 Å². The molecule has 2 amide bonds. The predicted molar refractivity (Wildman–Crippen MR) is 199 cm³/mol. The standard InChI is InChI=1S/C36H68N4O10S/c1-12-35(10,13-2)40-24(17-22(6)31(46)47)30(45)39-25(29(44)36(14-3,15-4)38-19-21(5)16-23(7)51-11)18-34(8,9)33(50)37-20-26(41)27(42)28(43)32(48)49/h21-28,38,40-43H,12-20H2,1-11H3,(H,37,50)(H,39,45)(H,46,47)(H,48,49). The van der Waals surface area contributed by atoms with Gasteiger partial charge in [0.1, 0.15) is 12.2 Å². The Morgan fingerprint density at radius 1 is 0.765 bits per heavy atom. The quantitative estimate of drug-likeness (QED) is 0.0588. The predicted octanol–water partition coefficient (Wildman–Crippen LogP) is 2.31. The highest BCUT2D eigenvalue weighted by molar-refractivity contribution is 7.99. The molecule has 0 bridgehead atoms. The maximum atomic E-state index is 14.7. The lowest BCUT2D eigenvalue weighted by Crippen LogP contribution is -2.63. The van der Waals surface area contributed by atoms with E-state index in [9.17, 15) is 44.4 Å². The van der Waals surface area contributed by atoms with Crippen LogP contribution in [0.3, 0.4) is 0 Å². The number of aliphatic carboxylic acids is 2. The van der Waals surface area contributed by atoms with Gasteiger partial charge >= 0.3 is 11.9 Å². The van der Waals surface area contributed by atoms with E-state index in [0.717, 1.165) is 6.42 Å². The third-order valence-electron chi connectivity index (χ3n) is 10.4. The molecule has 0 fully saturated rings. The van der Waals surface area contributed by atoms with Crippen molar-refractivity contribution in [1.29, 1.82) is 0 Å². The van der Waals surface area contributed by atoms with E-state index in [4.69, 9.17) is 5.11 Å². The number of carboxylic acids is 2. The van der Waals surface area contributed by atoms with Crippen LogP contribution in [-0.2, 0) is 24.0 Å². The second-order valence-electron chi connectivity index (χ2n) is 15.1. The Morgan fingerprint density at radius 3 is 1.76 bits per heavy atom. The number of aliphatic hydroxyl groups is 3. The summed E-state index contributed by atoms with van der Waals surface area (Å²) in [6, 6.07) is -2.17. The first-order chi connectivity index (χ1) is 23.5. The lowest BCUT2D eigenvalue weighted by Gasteiger charge is -2.39. The number of hydrogen-bond donors (Lipinski definition) is 9. The lowest BCUT2D eigenvalue weighted by molar-refractivity contribution is -0.158. The molecule has 8 atom stereocenters. The van der Waals surface area contributed by atoms with Gasteiger partial charge in [-0.2, -0.15) is 11.8 Å². The van der Waals surface area contributed by atoms with E-state index in [1.165, 1.54) is 6.92 Å². The Kier molecular flexibility index (Phi) is 21.0. The lowest BCUT2D eigenvalue weighted by atomic mass is 9.76. The maximum absolute atomic E-state index is 14.7. The summed E-state index contributed by atoms with van der Waals surface area (Å²) in [7, 11) is 0. The summed E-state index contributed by atoms with van der Waals surface area (Å²) in [5, 5.41) is 61.1. The van der Waals surface area contributed by atoms with Gasteiger partial charge < -0.3 is 46.8 Å². The Hall–Kier alpha value is -2.30. The van der Waals surface area contributed by atoms with E-state index in [1.54, 1.807) is 25.6 Å². The third kappa shape index (κ3) is 15.3. The number of rotatable bonds is 27. The van der Waals surface area contributed by atoms with Crippen LogP contribution in [0, 0.1) is 17.3 Å². The van der Waals surface area contributed by atoms with Gasteiger partial charge in [-0.25, -0.2) is 4.79 Å². The number of thioether (sulfide) groups is 1. The highest BCUT2D eigenvalue weighted by Gasteiger charge is 2.44. The second-order valence-corrected chi connectivity index (χ2v) is 16.3. The number of Topliss-reactive ketones (excluding diaryl/α,β-unsaturated/α-hetero) is 1. The van der Waals surface area contributed by atoms with Gasteiger partial charge in [0.2, 0.25) is 11.8 Å². The first-order valence-electron chi connectivity index (χ1n) is 18.2. The van der Waals surface area contributed by atoms with Gasteiger partial charge in [-0.1, -0.05) is 62.3 Å². The third-order valence-corrected chi connectivity index (χ3v) is 11.4. The van der Waals surface area contributed by atoms with Crippen molar-refractivity contribution in [3.8, 4) is 0 Å². The van der Waals surface area contributed by atoms with Crippen molar-refractivity contribution < 1.29 is 49.5 Å². The molecule has 0 rings (SSSR count). The molecule has 51 heavy (non-hydrogen) atoms. The highest BCUT2D eigenvalue weighted by Crippen LogP contribution is 2.29. The number of hydrogen-bond acceptors (Lipinski definition) is 11. The molecule has 0 aromatic carbocycles. The van der Waals surface area contributed by atoms with Gasteiger partial charge in [0, 0.05) is 22.7 Å². The zero-order valence-electron chi connectivity index (χ0n) is 32.7. The van der Waals surface area contributed by atoms with Gasteiger partial charge in [-0.05, 0) is 70.6 Å². The summed E-state index contributed by atoms with van der Waals surface area (Å²) < 4.78 is 0. The van der Waals surface area contributed by atoms with Gasteiger partial charge in [-0.15, -0.1) is 0 Å². The van der Waals surface area contributed by atoms with Crippen molar-refractivity contribution in [3.05, 3.63) is 0 Å². The van der Waals surface area contributed by atoms with Crippen LogP contribution in [0.1, 0.15) is 114 Å². The van der Waals surface area contributed by atoms with Crippen LogP contribution in [0.2, 0.25) is 0 Å². The van der Waals surface area contributed by atoms with Crippen molar-refractivity contribution in [1.82, 2.24) is 21.3 Å². The molecule has 9 N–H and O–H groups in total. The summed E-state index contributed by atoms with van der Waals surface area (Å²) in [6.45, 7) is 18.4. The summed E-state index contributed by atoms with van der Waals surface area (Å²) in [5.41, 5.74) is -2.91. The maximum Gasteiger partial charge on any atom is 0.335 e. The number of carbonyl (C=O) groups is 5. The van der Waals surface area contributed by atoms with Crippen molar-refractivity contribution in [3.63, 3.8) is 0 Å². The fourth-order valence-electron chi connectivity index (χ4n) is 5.94. The van der Waals surface area contributed by atoms with Gasteiger partial charge in [-0.3, -0.25) is 19.2 Å². The molecule has 0 spiro atoms. The number of aliphatic hydroxyl groups excluding tert-OH is 3. The van der Waals surface area contributed by atoms with Crippen LogP contribution in [0.5, 0.6) is 0 Å². The summed E-state index contributed by atoms with van der Waals surface area (Å²) in [5.74, 6) is -5.01. The highest BCUT2D eigenvalue weighted by atomic mass is 32.2. The van der Waals surface area contributed by atoms with E-state index < -0.39 is 83.1 Å². The summed E-state index contributed by atoms with van der Waals surface area (Å²) in [4.78, 5) is 65.2. The SMILES string of the molecule is CCC(C)(CC)NC(CC(C)C(=O)O)C(=O)NC(CC(C)(C)C(=O)NCC(O)C(O)C(O)C(=O)O)C(=O)C(CC)(CC)NCC(C)CC(C)SC. The Morgan fingerprint density at radius 2 is 1.31 bits per heavy atom. The molecule has 0 aromatic rings. The van der Waals surface area contributed by atoms with Crippen LogP contribution in [0.25, 0.3) is 0 Å². The molecule has 0 aliphatic rings. The Bertz CT molecular complexity index is 1130. The number of carbonyl (C=O) groups excluding carboxylic acids is 3. The molecule has 0 aliphatic heterocycles. The molecule has 0 aliphatic carbocycles. The molecular formula is C36H68N4O10S. The van der Waals surface area contributed by atoms with E-state index in [0.29, 0.717) is 37.5 Å². The van der Waals surface area contributed by atoms with Crippen LogP contribution < -0.4 is 21.3 Å². The van der Waals surface area contributed by atoms with Gasteiger partial charge in [0.15, 0.2) is 11.9 Å². The largest absolute Gasteiger partial charge is 0.481 e. The zero-order valence-corrected chi connectivity index (χ0v) is 33.5. The van der Waals surface area contributed by atoms with E-state index in [2.05, 4.69) is 35.1 Å². The summed E-state index contributed by atoms with van der Waals surface area (Å²) >= 11 is 1.76. The monoisotopic (exact) mass is 748 g/mol. The van der Waals surface area contributed by atoms with Gasteiger partial charge in [0.25, 0.3) is 0 Å². The number of carboxylic acid groups (broad SMARTS) is 2. The fourth-order valence-corrected chi connectivity index (χ4v) is 6.46. The molecule has 15 heteroatoms. The van der Waals surface area contributed by atoms with Crippen molar-refractivity contribution in [2.45, 2.75) is 161 Å². The second kappa shape index (κ2) is 22.0. The molecule has 0 saturated carbocycles. The molecular weight excluding hydrogens is 680 g/mol. The van der Waals surface area contributed by atoms with Crippen molar-refractivity contribution >= 4 is 41.3 Å². The Labute approximate surface area is 309 Å². The molecule has 8 unspecified atom stereocenters. The molecule has 0 heterocycles. The molecule has 0 aromatic heterocycles. The van der Waals surface area contributed by atoms with Crippen LogP contribution in [0.15, 0.2) is 0 Å². The average molecular weight is 749 g/mol. The van der Waals surface area contributed by atoms with Gasteiger partial charge in [0.05, 0.1) is 23.5 Å². The van der Waals surface area contributed by atoms with E-state index in [-0.39, 0.29) is 24.5 Å². The minimum Gasteiger partial charge on any atom is -0.481 e. The van der Waals surface area contributed by atoms with Crippen LogP contribution in [0.4, 0.5) is 0 Å². The first-order valence-corrected chi connectivity index (χ1v) is 19.5. The first kappa shape index (κ1) is 48.7. The fraction of sp³-hybridized carbons (Fsp3) is 0.861. The number of ketones is 1. The average Bonchev–Trinajstić information content (AvgIpc) is 3.08. The molecule has 0 saturated heterocycles. The summed E-state index contributed by atoms with van der Waals surface area (Å²) in [6.07, 6.45) is -1.31. The van der Waals surface area contributed by atoms with E-state index in [1.807, 2.05) is 40.9 Å². The number of nitrogens with one attached hydrogen (secondary N) is 4. The van der Waals surface area contributed by atoms with Crippen LogP contribution >= 0.6 is 11.8 Å².